The van der Waals surface area contributed by atoms with Gasteiger partial charge in [0.2, 0.25) is 0 Å². The molecule has 1 aliphatic rings. The van der Waals surface area contributed by atoms with Crippen LogP contribution in [0.2, 0.25) is 0 Å². The Morgan fingerprint density at radius 2 is 1.95 bits per heavy atom. The second kappa shape index (κ2) is 5.67. The van der Waals surface area contributed by atoms with Gasteiger partial charge in [0.1, 0.15) is 5.82 Å². The highest BCUT2D eigenvalue weighted by molar-refractivity contribution is 5.36. The van der Waals surface area contributed by atoms with Crippen molar-refractivity contribution < 1.29 is 0 Å². The zero-order chi connectivity index (χ0) is 13.8. The second-order valence-corrected chi connectivity index (χ2v) is 5.62. The van der Waals surface area contributed by atoms with Crippen LogP contribution in [0.15, 0.2) is 42.6 Å². The van der Waals surface area contributed by atoms with Crippen molar-refractivity contribution in [2.24, 2.45) is 7.05 Å². The van der Waals surface area contributed by atoms with E-state index >= 15 is 0 Å². The second-order valence-electron chi connectivity index (χ2n) is 5.62. The molecule has 1 aliphatic heterocycles. The smallest absolute Gasteiger partial charge is 0.148 e. The highest BCUT2D eigenvalue weighted by Crippen LogP contribution is 2.33. The van der Waals surface area contributed by atoms with Gasteiger partial charge in [-0.05, 0) is 31.5 Å². The number of piperidine rings is 1. The Kier molecular flexibility index (Phi) is 3.74. The van der Waals surface area contributed by atoms with Gasteiger partial charge in [-0.25, -0.2) is 0 Å². The fourth-order valence-corrected chi connectivity index (χ4v) is 3.03. The highest BCUT2D eigenvalue weighted by atomic mass is 15.3. The van der Waals surface area contributed by atoms with Crippen LogP contribution >= 0.6 is 0 Å². The number of rotatable bonds is 4. The van der Waals surface area contributed by atoms with Crippen LogP contribution < -0.4 is 10.6 Å². The van der Waals surface area contributed by atoms with Gasteiger partial charge in [0, 0.05) is 31.3 Å². The lowest BCUT2D eigenvalue weighted by Gasteiger charge is -2.38. The van der Waals surface area contributed by atoms with Gasteiger partial charge in [-0.1, -0.05) is 30.3 Å². The molecule has 4 nitrogen and oxygen atoms in total. The zero-order valence-electron chi connectivity index (χ0n) is 12.0. The van der Waals surface area contributed by atoms with E-state index in [0.29, 0.717) is 0 Å². The van der Waals surface area contributed by atoms with E-state index in [1.807, 2.05) is 24.0 Å². The molecule has 106 valence electrons. The largest absolute Gasteiger partial charge is 0.368 e. The van der Waals surface area contributed by atoms with E-state index in [2.05, 4.69) is 46.1 Å². The fourth-order valence-electron chi connectivity index (χ4n) is 3.03. The van der Waals surface area contributed by atoms with Crippen molar-refractivity contribution in [3.63, 3.8) is 0 Å². The van der Waals surface area contributed by atoms with E-state index in [4.69, 9.17) is 0 Å². The first-order valence-electron chi connectivity index (χ1n) is 7.28. The average molecular weight is 270 g/mol. The van der Waals surface area contributed by atoms with Crippen LogP contribution in [0.1, 0.15) is 18.4 Å². The van der Waals surface area contributed by atoms with Crippen LogP contribution in [0.4, 0.5) is 5.82 Å². The summed E-state index contributed by atoms with van der Waals surface area (Å²) in [6, 6.07) is 12.9. The maximum atomic E-state index is 4.41. The topological polar surface area (TPSA) is 41.9 Å². The Morgan fingerprint density at radius 3 is 2.60 bits per heavy atom. The normalized spacial score (nSPS) is 17.9. The van der Waals surface area contributed by atoms with Crippen molar-refractivity contribution in [1.82, 2.24) is 15.1 Å². The van der Waals surface area contributed by atoms with Gasteiger partial charge in [0.05, 0.1) is 0 Å². The minimum Gasteiger partial charge on any atom is -0.368 e. The highest BCUT2D eigenvalue weighted by Gasteiger charge is 2.33. The molecule has 0 aliphatic carbocycles. The molecular weight excluding hydrogens is 248 g/mol. The van der Waals surface area contributed by atoms with Crippen molar-refractivity contribution in [3.05, 3.63) is 48.2 Å². The molecular formula is C16H22N4. The molecule has 2 N–H and O–H groups in total. The van der Waals surface area contributed by atoms with Gasteiger partial charge in [-0.2, -0.15) is 5.10 Å². The Hall–Kier alpha value is -1.81. The van der Waals surface area contributed by atoms with E-state index in [9.17, 15) is 0 Å². The van der Waals surface area contributed by atoms with Crippen LogP contribution in [-0.4, -0.2) is 29.4 Å². The summed E-state index contributed by atoms with van der Waals surface area (Å²) in [6.45, 7) is 3.10. The monoisotopic (exact) mass is 270 g/mol. The summed E-state index contributed by atoms with van der Waals surface area (Å²) in [5.41, 5.74) is 1.65. The molecule has 4 heteroatoms. The lowest BCUT2D eigenvalue weighted by Crippen LogP contribution is -2.44. The molecule has 1 aromatic carbocycles. The van der Waals surface area contributed by atoms with Crippen LogP contribution in [0, 0.1) is 0 Å². The third-order valence-corrected chi connectivity index (χ3v) is 4.27. The Balaban J connectivity index is 1.79. The first kappa shape index (κ1) is 13.2. The molecule has 2 aromatic rings. The van der Waals surface area contributed by atoms with E-state index < -0.39 is 0 Å². The first-order valence-corrected chi connectivity index (χ1v) is 7.28. The van der Waals surface area contributed by atoms with Crippen molar-refractivity contribution in [2.75, 3.05) is 25.0 Å². The Labute approximate surface area is 120 Å². The number of aryl methyl sites for hydroxylation is 1. The fraction of sp³-hybridized carbons (Fsp3) is 0.438. The molecule has 0 amide bonds. The van der Waals surface area contributed by atoms with E-state index in [-0.39, 0.29) is 5.41 Å². The first-order chi connectivity index (χ1) is 9.78. The van der Waals surface area contributed by atoms with Crippen LogP contribution in [0.5, 0.6) is 0 Å². The van der Waals surface area contributed by atoms with Crippen molar-refractivity contribution in [1.29, 1.82) is 0 Å². The molecule has 0 radical (unpaired) electrons. The third-order valence-electron chi connectivity index (χ3n) is 4.27. The maximum absolute atomic E-state index is 4.41. The number of benzene rings is 1. The van der Waals surface area contributed by atoms with E-state index in [1.54, 1.807) is 0 Å². The molecule has 0 unspecified atom stereocenters. The van der Waals surface area contributed by atoms with Gasteiger partial charge >= 0.3 is 0 Å². The standard InChI is InChI=1S/C16H22N4/c1-20-12-7-15(19-20)18-13-16(8-10-17-11-9-16)14-5-3-2-4-6-14/h2-7,12,17H,8-11,13H2,1H3,(H,18,19). The molecule has 0 spiro atoms. The molecule has 0 atom stereocenters. The summed E-state index contributed by atoms with van der Waals surface area (Å²) in [4.78, 5) is 0. The van der Waals surface area contributed by atoms with Gasteiger partial charge in [-0.3, -0.25) is 4.68 Å². The summed E-state index contributed by atoms with van der Waals surface area (Å²) < 4.78 is 1.83. The Morgan fingerprint density at radius 1 is 1.20 bits per heavy atom. The van der Waals surface area contributed by atoms with Crippen molar-refractivity contribution in [3.8, 4) is 0 Å². The minimum atomic E-state index is 0.212. The number of anilines is 1. The maximum Gasteiger partial charge on any atom is 0.148 e. The average Bonchev–Trinajstić information content (AvgIpc) is 2.93. The van der Waals surface area contributed by atoms with Crippen molar-refractivity contribution >= 4 is 5.82 Å². The van der Waals surface area contributed by atoms with Gasteiger partial charge < -0.3 is 10.6 Å². The molecule has 1 fully saturated rings. The summed E-state index contributed by atoms with van der Waals surface area (Å²) in [5, 5.41) is 11.4. The number of nitrogens with one attached hydrogen (secondary N) is 2. The predicted octanol–water partition coefficient (Wildman–Crippen LogP) is 2.15. The molecule has 2 heterocycles. The summed E-state index contributed by atoms with van der Waals surface area (Å²) in [7, 11) is 1.95. The number of aromatic nitrogens is 2. The summed E-state index contributed by atoms with van der Waals surface area (Å²) in [5.74, 6) is 0.960. The SMILES string of the molecule is Cn1ccc(NCC2(c3ccccc3)CCNCC2)n1. The summed E-state index contributed by atoms with van der Waals surface area (Å²) in [6.07, 6.45) is 4.30. The van der Waals surface area contributed by atoms with E-state index in [0.717, 1.165) is 38.3 Å². The quantitative estimate of drug-likeness (QED) is 0.894. The lowest BCUT2D eigenvalue weighted by molar-refractivity contribution is 0.323. The zero-order valence-corrected chi connectivity index (χ0v) is 12.0. The molecule has 0 bridgehead atoms. The molecule has 20 heavy (non-hydrogen) atoms. The number of hydrogen-bond donors (Lipinski definition) is 2. The van der Waals surface area contributed by atoms with E-state index in [1.165, 1.54) is 5.56 Å². The predicted molar refractivity (Wildman–Crippen MR) is 81.9 cm³/mol. The third kappa shape index (κ3) is 2.70. The minimum absolute atomic E-state index is 0.212. The van der Waals surface area contributed by atoms with Gasteiger partial charge in [0.15, 0.2) is 0 Å². The van der Waals surface area contributed by atoms with Gasteiger partial charge in [-0.15, -0.1) is 0 Å². The van der Waals surface area contributed by atoms with Crippen molar-refractivity contribution in [2.45, 2.75) is 18.3 Å². The van der Waals surface area contributed by atoms with Crippen LogP contribution in [0.3, 0.4) is 0 Å². The van der Waals surface area contributed by atoms with Crippen LogP contribution in [-0.2, 0) is 12.5 Å². The molecule has 1 saturated heterocycles. The lowest BCUT2D eigenvalue weighted by atomic mass is 9.73. The Bertz CT molecular complexity index is 541. The molecule has 0 saturated carbocycles. The number of nitrogens with zero attached hydrogens (tertiary/aromatic N) is 2. The van der Waals surface area contributed by atoms with Crippen LogP contribution in [0.25, 0.3) is 0 Å². The molecule has 3 rings (SSSR count). The molecule has 1 aromatic heterocycles. The summed E-state index contributed by atoms with van der Waals surface area (Å²) >= 11 is 0. The van der Waals surface area contributed by atoms with Gasteiger partial charge in [0.25, 0.3) is 0 Å². The number of hydrogen-bond acceptors (Lipinski definition) is 3.